The lowest BCUT2D eigenvalue weighted by Crippen LogP contribution is -2.22. The van der Waals surface area contributed by atoms with Gasteiger partial charge in [0.2, 0.25) is 0 Å². The first-order valence-corrected chi connectivity index (χ1v) is 10.1. The van der Waals surface area contributed by atoms with E-state index in [1.165, 1.54) is 0 Å². The molecule has 0 spiro atoms. The Morgan fingerprint density at radius 2 is 1.44 bits per heavy atom. The fraction of sp³-hybridized carbons (Fsp3) is 0.810. The second-order valence-corrected chi connectivity index (χ2v) is 7.45. The second kappa shape index (κ2) is 12.1. The van der Waals surface area contributed by atoms with Crippen LogP contribution in [0.1, 0.15) is 85.5 Å². The van der Waals surface area contributed by atoms with E-state index in [4.69, 9.17) is 9.47 Å². The Morgan fingerprint density at radius 1 is 0.920 bits per heavy atom. The molecule has 0 radical (unpaired) electrons. The average molecular weight is 353 g/mol. The van der Waals surface area contributed by atoms with E-state index in [-0.39, 0.29) is 23.8 Å². The molecule has 0 aliphatic heterocycles. The topological polar surface area (TPSA) is 52.6 Å². The van der Waals surface area contributed by atoms with E-state index in [1.54, 1.807) is 0 Å². The lowest BCUT2D eigenvalue weighted by atomic mass is 9.88. The summed E-state index contributed by atoms with van der Waals surface area (Å²) in [5.74, 6) is -0.199. The first-order chi connectivity index (χ1) is 12.0. The number of rotatable bonds is 11. The minimum Gasteiger partial charge on any atom is -0.462 e. The van der Waals surface area contributed by atoms with E-state index in [9.17, 15) is 9.59 Å². The monoisotopic (exact) mass is 352 g/mol. The van der Waals surface area contributed by atoms with E-state index in [1.807, 2.05) is 0 Å². The lowest BCUT2D eigenvalue weighted by molar-refractivity contribution is -0.143. The zero-order chi connectivity index (χ0) is 18.7. The van der Waals surface area contributed by atoms with Gasteiger partial charge in [0, 0.05) is 5.57 Å². The first-order valence-electron chi connectivity index (χ1n) is 10.1. The largest absolute Gasteiger partial charge is 0.462 e. The number of unbranched alkanes of at least 4 members (excludes halogenated alkanes) is 2. The summed E-state index contributed by atoms with van der Waals surface area (Å²) in [6.07, 6.45) is 8.36. The van der Waals surface area contributed by atoms with Crippen molar-refractivity contribution in [1.82, 2.24) is 0 Å². The molecule has 0 aromatic rings. The summed E-state index contributed by atoms with van der Waals surface area (Å²) in [5, 5.41) is 0. The van der Waals surface area contributed by atoms with Crippen LogP contribution >= 0.6 is 0 Å². The van der Waals surface area contributed by atoms with Crippen molar-refractivity contribution >= 4 is 11.9 Å². The molecule has 4 heteroatoms. The maximum absolute atomic E-state index is 12.8. The maximum atomic E-state index is 12.8. The van der Waals surface area contributed by atoms with Crippen LogP contribution in [0.15, 0.2) is 11.1 Å². The Morgan fingerprint density at radius 3 is 1.92 bits per heavy atom. The number of hydrogen-bond donors (Lipinski definition) is 0. The number of carbonyl (C=O) groups is 2. The van der Waals surface area contributed by atoms with Crippen molar-refractivity contribution in [3.05, 3.63) is 11.1 Å². The Hall–Kier alpha value is -1.32. The summed E-state index contributed by atoms with van der Waals surface area (Å²) in [6, 6.07) is 0. The van der Waals surface area contributed by atoms with Crippen LogP contribution in [0, 0.1) is 11.8 Å². The van der Waals surface area contributed by atoms with Crippen molar-refractivity contribution in [2.45, 2.75) is 85.5 Å². The van der Waals surface area contributed by atoms with Crippen molar-refractivity contribution in [2.24, 2.45) is 11.8 Å². The fourth-order valence-electron chi connectivity index (χ4n) is 3.25. The van der Waals surface area contributed by atoms with Gasteiger partial charge in [-0.3, -0.25) is 0 Å². The first kappa shape index (κ1) is 21.7. The normalized spacial score (nSPS) is 16.0. The number of carbonyl (C=O) groups excluding carboxylic acids is 2. The average Bonchev–Trinajstić information content (AvgIpc) is 3.08. The molecule has 0 aromatic carbocycles. The van der Waals surface area contributed by atoms with E-state index in [0.717, 1.165) is 51.4 Å². The van der Waals surface area contributed by atoms with Gasteiger partial charge in [-0.25, -0.2) is 9.59 Å². The minimum atomic E-state index is -0.323. The van der Waals surface area contributed by atoms with Gasteiger partial charge in [-0.1, -0.05) is 53.4 Å². The predicted octanol–water partition coefficient (Wildman–Crippen LogP) is 5.21. The third kappa shape index (κ3) is 7.62. The van der Waals surface area contributed by atoms with Gasteiger partial charge >= 0.3 is 11.9 Å². The van der Waals surface area contributed by atoms with E-state index < -0.39 is 0 Å². The molecule has 25 heavy (non-hydrogen) atoms. The molecule has 144 valence electrons. The summed E-state index contributed by atoms with van der Waals surface area (Å²) < 4.78 is 10.9. The fourth-order valence-corrected chi connectivity index (χ4v) is 3.25. The third-order valence-corrected chi connectivity index (χ3v) is 4.63. The van der Waals surface area contributed by atoms with Crippen LogP contribution in [0.3, 0.4) is 0 Å². The third-order valence-electron chi connectivity index (χ3n) is 4.63. The highest BCUT2D eigenvalue weighted by atomic mass is 16.5. The number of hydrogen-bond acceptors (Lipinski definition) is 4. The molecule has 1 aliphatic rings. The van der Waals surface area contributed by atoms with Gasteiger partial charge in [-0.05, 0) is 43.9 Å². The molecule has 1 saturated carbocycles. The molecule has 0 unspecified atom stereocenters. The smallest absolute Gasteiger partial charge is 0.334 e. The molecule has 0 amide bonds. The van der Waals surface area contributed by atoms with Crippen LogP contribution in [0.4, 0.5) is 0 Å². The Balaban J connectivity index is 3.07. The van der Waals surface area contributed by atoms with Crippen molar-refractivity contribution in [3.63, 3.8) is 0 Å². The Kier molecular flexibility index (Phi) is 10.5. The van der Waals surface area contributed by atoms with Gasteiger partial charge < -0.3 is 9.47 Å². The quantitative estimate of drug-likeness (QED) is 0.291. The van der Waals surface area contributed by atoms with Crippen LogP contribution in [0.5, 0.6) is 0 Å². The molecule has 0 bridgehead atoms. The van der Waals surface area contributed by atoms with E-state index >= 15 is 0 Å². The van der Waals surface area contributed by atoms with Crippen molar-refractivity contribution < 1.29 is 19.1 Å². The van der Waals surface area contributed by atoms with E-state index in [2.05, 4.69) is 27.7 Å². The molecule has 1 rings (SSSR count). The molecule has 0 heterocycles. The summed E-state index contributed by atoms with van der Waals surface area (Å²) >= 11 is 0. The van der Waals surface area contributed by atoms with Crippen molar-refractivity contribution in [3.8, 4) is 0 Å². The van der Waals surface area contributed by atoms with Gasteiger partial charge in [-0.2, -0.15) is 0 Å². The van der Waals surface area contributed by atoms with Gasteiger partial charge in [0.25, 0.3) is 0 Å². The maximum Gasteiger partial charge on any atom is 0.334 e. The summed E-state index contributed by atoms with van der Waals surface area (Å²) in [5.41, 5.74) is 1.16. The van der Waals surface area contributed by atoms with Crippen LogP contribution < -0.4 is 0 Å². The summed E-state index contributed by atoms with van der Waals surface area (Å²) in [4.78, 5) is 25.5. The highest BCUT2D eigenvalue weighted by Gasteiger charge is 2.32. The zero-order valence-corrected chi connectivity index (χ0v) is 16.6. The van der Waals surface area contributed by atoms with Crippen molar-refractivity contribution in [1.29, 1.82) is 0 Å². The van der Waals surface area contributed by atoms with Gasteiger partial charge in [0.05, 0.1) is 18.8 Å². The second-order valence-electron chi connectivity index (χ2n) is 7.45. The lowest BCUT2D eigenvalue weighted by Gasteiger charge is -2.20. The molecule has 1 fully saturated rings. The number of ether oxygens (including phenoxy) is 2. The molecular weight excluding hydrogens is 316 g/mol. The standard InChI is InChI=1S/C21H36O4/c1-5-7-13-24-20(22)18(15-16(3)4)19(17-11-9-10-12-17)21(23)25-14-8-6-2/h16-17H,5-15H2,1-4H3. The molecule has 4 nitrogen and oxygen atoms in total. The van der Waals surface area contributed by atoms with Crippen LogP contribution in [-0.4, -0.2) is 25.2 Å². The number of esters is 2. The Labute approximate surface area is 153 Å². The van der Waals surface area contributed by atoms with Crippen LogP contribution in [0.2, 0.25) is 0 Å². The van der Waals surface area contributed by atoms with Crippen molar-refractivity contribution in [2.75, 3.05) is 13.2 Å². The predicted molar refractivity (Wildman–Crippen MR) is 100 cm³/mol. The highest BCUT2D eigenvalue weighted by Crippen LogP contribution is 2.35. The minimum absolute atomic E-state index is 0.140. The van der Waals surface area contributed by atoms with Crippen LogP contribution in [-0.2, 0) is 19.1 Å². The Bertz CT molecular complexity index is 445. The molecule has 0 atom stereocenters. The summed E-state index contributed by atoms with van der Waals surface area (Å²) in [6.45, 7) is 9.10. The molecular formula is C21H36O4. The molecule has 0 aromatic heterocycles. The highest BCUT2D eigenvalue weighted by molar-refractivity contribution is 6.00. The molecule has 0 saturated heterocycles. The zero-order valence-electron chi connectivity index (χ0n) is 16.6. The van der Waals surface area contributed by atoms with E-state index in [0.29, 0.717) is 30.8 Å². The SMILES string of the molecule is CCCCOC(=O)C(CC(C)C)=C(C(=O)OCCCC)C1CCCC1. The van der Waals surface area contributed by atoms with Gasteiger partial charge in [0.1, 0.15) is 0 Å². The summed E-state index contributed by atoms with van der Waals surface area (Å²) in [7, 11) is 0. The molecule has 0 N–H and O–H groups in total. The van der Waals surface area contributed by atoms with Gasteiger partial charge in [0.15, 0.2) is 0 Å². The molecule has 1 aliphatic carbocycles. The van der Waals surface area contributed by atoms with Gasteiger partial charge in [-0.15, -0.1) is 0 Å². The van der Waals surface area contributed by atoms with Crippen LogP contribution in [0.25, 0.3) is 0 Å².